The van der Waals surface area contributed by atoms with Crippen molar-refractivity contribution in [3.8, 4) is 5.75 Å². The van der Waals surface area contributed by atoms with Gasteiger partial charge in [-0.25, -0.2) is 4.39 Å². The molecule has 8 heteroatoms. The lowest BCUT2D eigenvalue weighted by molar-refractivity contribution is -0.137. The zero-order valence-corrected chi connectivity index (χ0v) is 21.5. The number of amides is 2. The van der Waals surface area contributed by atoms with Gasteiger partial charge in [0.05, 0.1) is 12.6 Å². The number of aldehydes is 1. The van der Waals surface area contributed by atoms with Crippen LogP contribution in [0.5, 0.6) is 5.75 Å². The van der Waals surface area contributed by atoms with E-state index in [9.17, 15) is 18.8 Å². The number of nitrogens with one attached hydrogen (secondary N) is 1. The molecule has 2 aromatic carbocycles. The van der Waals surface area contributed by atoms with Crippen LogP contribution in [0.1, 0.15) is 65.9 Å². The quantitative estimate of drug-likeness (QED) is 0.281. The van der Waals surface area contributed by atoms with E-state index in [1.807, 2.05) is 42.3 Å². The number of likely N-dealkylation sites (tertiary alicyclic amines) is 1. The van der Waals surface area contributed by atoms with Gasteiger partial charge < -0.3 is 9.64 Å². The molecule has 4 rings (SSSR count). The molecule has 2 fully saturated rings. The fourth-order valence-electron chi connectivity index (χ4n) is 5.41. The van der Waals surface area contributed by atoms with E-state index in [-0.39, 0.29) is 24.2 Å². The highest BCUT2D eigenvalue weighted by atomic mass is 19.1. The molecule has 198 valence electrons. The molecule has 2 aliphatic rings. The summed E-state index contributed by atoms with van der Waals surface area (Å²) in [5, 5.41) is 2.39. The summed E-state index contributed by atoms with van der Waals surface area (Å²) in [4.78, 5) is 40.0. The highest BCUT2D eigenvalue weighted by molar-refractivity contribution is 6.00. The summed E-state index contributed by atoms with van der Waals surface area (Å²) in [7, 11) is 1.81. The van der Waals surface area contributed by atoms with Gasteiger partial charge in [-0.1, -0.05) is 18.2 Å². The molecule has 1 unspecified atom stereocenters. The van der Waals surface area contributed by atoms with Crippen molar-refractivity contribution in [1.29, 1.82) is 0 Å². The normalized spacial score (nSPS) is 19.2. The van der Waals surface area contributed by atoms with E-state index >= 15 is 0 Å². The van der Waals surface area contributed by atoms with E-state index in [0.29, 0.717) is 31.4 Å². The molecule has 0 aliphatic carbocycles. The Morgan fingerprint density at radius 3 is 2.57 bits per heavy atom. The molecule has 0 bridgehead atoms. The van der Waals surface area contributed by atoms with Crippen molar-refractivity contribution in [2.45, 2.75) is 57.0 Å². The van der Waals surface area contributed by atoms with Crippen molar-refractivity contribution in [2.24, 2.45) is 0 Å². The van der Waals surface area contributed by atoms with Crippen LogP contribution in [0, 0.1) is 5.82 Å². The van der Waals surface area contributed by atoms with Gasteiger partial charge in [0.25, 0.3) is 0 Å². The maximum atomic E-state index is 14.5. The first kappa shape index (κ1) is 26.9. The number of likely N-dealkylation sites (N-methyl/N-ethyl adjacent to an activating group) is 1. The van der Waals surface area contributed by atoms with Crippen molar-refractivity contribution >= 4 is 18.1 Å². The predicted molar refractivity (Wildman–Crippen MR) is 139 cm³/mol. The average Bonchev–Trinajstić information content (AvgIpc) is 2.90. The summed E-state index contributed by atoms with van der Waals surface area (Å²) in [5.41, 5.74) is 1.97. The number of hydrogen-bond donors (Lipinski definition) is 1. The van der Waals surface area contributed by atoms with Crippen LogP contribution in [0.2, 0.25) is 0 Å². The van der Waals surface area contributed by atoms with Gasteiger partial charge in [-0.2, -0.15) is 0 Å². The van der Waals surface area contributed by atoms with Crippen LogP contribution in [0.25, 0.3) is 0 Å². The van der Waals surface area contributed by atoms with E-state index in [0.717, 1.165) is 62.2 Å². The second-order valence-electron chi connectivity index (χ2n) is 10.0. The van der Waals surface area contributed by atoms with E-state index in [2.05, 4.69) is 10.2 Å². The van der Waals surface area contributed by atoms with Gasteiger partial charge in [0.15, 0.2) is 0 Å². The molecule has 2 saturated heterocycles. The number of imide groups is 1. The Hall–Kier alpha value is -3.10. The van der Waals surface area contributed by atoms with Crippen LogP contribution in [-0.4, -0.2) is 67.2 Å². The maximum absolute atomic E-state index is 14.5. The number of halogens is 1. The van der Waals surface area contributed by atoms with Crippen LogP contribution in [-0.2, 0) is 16.1 Å². The molecular weight excluding hydrogens is 473 g/mol. The number of unbranched alkanes of at least 4 members (excludes halogenated alkanes) is 1. The minimum Gasteiger partial charge on any atom is -0.494 e. The second-order valence-corrected chi connectivity index (χ2v) is 10.0. The Kier molecular flexibility index (Phi) is 9.41. The van der Waals surface area contributed by atoms with Gasteiger partial charge in [0.2, 0.25) is 11.8 Å². The molecular formula is C29H36FN3O4. The molecule has 0 spiro atoms. The Morgan fingerprint density at radius 2 is 1.86 bits per heavy atom. The minimum atomic E-state index is -0.456. The fraction of sp³-hybridized carbons (Fsp3) is 0.483. The maximum Gasteiger partial charge on any atom is 0.243 e. The second kappa shape index (κ2) is 12.9. The molecule has 1 N–H and O–H groups in total. The molecule has 37 heavy (non-hydrogen) atoms. The standard InChI is InChI=1S/C29H36FN3O4/c1-32(27-9-10-28(35)31-29(27)36)19-26-22(20-34)17-23(30)18-25(26)21-11-14-33(15-12-21)13-5-6-16-37-24-7-3-2-4-8-24/h2-4,7-8,17-18,20-21,27H,5-6,9-16,19H2,1H3,(H,31,35,36). The van der Waals surface area contributed by atoms with Crippen molar-refractivity contribution in [1.82, 2.24) is 15.1 Å². The smallest absolute Gasteiger partial charge is 0.243 e. The summed E-state index contributed by atoms with van der Waals surface area (Å²) in [5.74, 6) is 0.0495. The highest BCUT2D eigenvalue weighted by Crippen LogP contribution is 2.33. The van der Waals surface area contributed by atoms with E-state index in [4.69, 9.17) is 4.74 Å². The number of nitrogens with zero attached hydrogens (tertiary/aromatic N) is 2. The molecule has 1 atom stereocenters. The first-order chi connectivity index (χ1) is 17.9. The van der Waals surface area contributed by atoms with Gasteiger partial charge in [-0.3, -0.25) is 24.6 Å². The Balaban J connectivity index is 1.33. The SMILES string of the molecule is CN(Cc1c(C=O)cc(F)cc1C1CCN(CCCCOc2ccccc2)CC1)C1CCC(=O)NC1=O. The molecule has 7 nitrogen and oxygen atoms in total. The third kappa shape index (κ3) is 7.23. The van der Waals surface area contributed by atoms with E-state index in [1.54, 1.807) is 6.07 Å². The molecule has 2 aromatic rings. The van der Waals surface area contributed by atoms with Crippen LogP contribution in [0.3, 0.4) is 0 Å². The van der Waals surface area contributed by atoms with E-state index in [1.165, 1.54) is 6.07 Å². The number of piperidine rings is 2. The fourth-order valence-corrected chi connectivity index (χ4v) is 5.41. The first-order valence-corrected chi connectivity index (χ1v) is 13.2. The van der Waals surface area contributed by atoms with Crippen LogP contribution in [0.4, 0.5) is 4.39 Å². The largest absolute Gasteiger partial charge is 0.494 e. The molecule has 2 aliphatic heterocycles. The van der Waals surface area contributed by atoms with Crippen molar-refractivity contribution in [3.63, 3.8) is 0 Å². The van der Waals surface area contributed by atoms with Gasteiger partial charge in [0.1, 0.15) is 17.9 Å². The Bertz CT molecular complexity index is 1090. The van der Waals surface area contributed by atoms with Crippen LogP contribution in [0.15, 0.2) is 42.5 Å². The summed E-state index contributed by atoms with van der Waals surface area (Å²) in [6.45, 7) is 3.87. The van der Waals surface area contributed by atoms with Gasteiger partial charge in [0, 0.05) is 18.5 Å². The number of benzene rings is 2. The molecule has 2 amide bonds. The van der Waals surface area contributed by atoms with Crippen molar-refractivity contribution in [2.75, 3.05) is 33.3 Å². The Morgan fingerprint density at radius 1 is 1.11 bits per heavy atom. The lowest BCUT2D eigenvalue weighted by Gasteiger charge is -2.35. The van der Waals surface area contributed by atoms with Crippen molar-refractivity contribution in [3.05, 3.63) is 65.0 Å². The first-order valence-electron chi connectivity index (χ1n) is 13.2. The molecule has 0 radical (unpaired) electrons. The number of rotatable bonds is 11. The highest BCUT2D eigenvalue weighted by Gasteiger charge is 2.31. The minimum absolute atomic E-state index is 0.150. The zero-order chi connectivity index (χ0) is 26.2. The third-order valence-electron chi connectivity index (χ3n) is 7.47. The van der Waals surface area contributed by atoms with Crippen molar-refractivity contribution < 1.29 is 23.5 Å². The number of hydrogen-bond acceptors (Lipinski definition) is 6. The number of para-hydroxylation sites is 1. The lowest BCUT2D eigenvalue weighted by atomic mass is 9.84. The monoisotopic (exact) mass is 509 g/mol. The lowest BCUT2D eigenvalue weighted by Crippen LogP contribution is -2.51. The molecule has 0 saturated carbocycles. The van der Waals surface area contributed by atoms with Crippen LogP contribution < -0.4 is 10.1 Å². The molecule has 0 aromatic heterocycles. The number of carbonyl (C=O) groups is 3. The van der Waals surface area contributed by atoms with Gasteiger partial charge in [-0.15, -0.1) is 0 Å². The average molecular weight is 510 g/mol. The third-order valence-corrected chi connectivity index (χ3v) is 7.47. The van der Waals surface area contributed by atoms with Crippen LogP contribution >= 0.6 is 0 Å². The summed E-state index contributed by atoms with van der Waals surface area (Å²) >= 11 is 0. The summed E-state index contributed by atoms with van der Waals surface area (Å²) < 4.78 is 20.3. The Labute approximate surface area is 218 Å². The topological polar surface area (TPSA) is 79.0 Å². The molecule has 2 heterocycles. The summed E-state index contributed by atoms with van der Waals surface area (Å²) in [6.07, 6.45) is 5.23. The van der Waals surface area contributed by atoms with Gasteiger partial charge >= 0.3 is 0 Å². The van der Waals surface area contributed by atoms with Gasteiger partial charge in [-0.05, 0) is 100 Å². The zero-order valence-electron chi connectivity index (χ0n) is 21.5. The number of ether oxygens (including phenoxy) is 1. The predicted octanol–water partition coefficient (Wildman–Crippen LogP) is 3.91. The van der Waals surface area contributed by atoms with E-state index < -0.39 is 11.9 Å². The number of carbonyl (C=O) groups excluding carboxylic acids is 3. The summed E-state index contributed by atoms with van der Waals surface area (Å²) in [6, 6.07) is 12.2.